The molecule has 0 spiro atoms. The Bertz CT molecular complexity index is 325. The second-order valence-electron chi connectivity index (χ2n) is 3.43. The molecule has 0 saturated carbocycles. The number of aliphatic hydroxyl groups excluding tert-OH is 1. The number of aliphatic hydroxyl groups is 1. The summed E-state index contributed by atoms with van der Waals surface area (Å²) in [5, 5.41) is 22.1. The highest BCUT2D eigenvalue weighted by Gasteiger charge is 2.33. The fraction of sp³-hybridized carbons (Fsp3) is 0.714. The van der Waals surface area contributed by atoms with Gasteiger partial charge in [-0.3, -0.25) is 4.79 Å². The fourth-order valence-corrected chi connectivity index (χ4v) is 1.67. The minimum Gasteiger partial charge on any atom is -0.391 e. The van der Waals surface area contributed by atoms with Crippen molar-refractivity contribution in [3.63, 3.8) is 0 Å². The first-order chi connectivity index (χ1) is 6.68. The molecular weight excluding hydrogens is 186 g/mol. The zero-order chi connectivity index (χ0) is 10.1. The first kappa shape index (κ1) is 9.07. The van der Waals surface area contributed by atoms with Gasteiger partial charge in [0.15, 0.2) is 0 Å². The van der Waals surface area contributed by atoms with Gasteiger partial charge < -0.3 is 10.0 Å². The molecule has 1 saturated heterocycles. The number of amides is 1. The molecule has 7 heteroatoms. The lowest BCUT2D eigenvalue weighted by Crippen LogP contribution is -2.35. The van der Waals surface area contributed by atoms with Crippen molar-refractivity contribution < 1.29 is 9.90 Å². The van der Waals surface area contributed by atoms with Gasteiger partial charge in [0.05, 0.1) is 6.10 Å². The molecular formula is C7H11N5O2. The van der Waals surface area contributed by atoms with Crippen molar-refractivity contribution in [2.45, 2.75) is 25.5 Å². The Balaban J connectivity index is 2.13. The van der Waals surface area contributed by atoms with E-state index in [1.54, 1.807) is 4.90 Å². The van der Waals surface area contributed by atoms with E-state index >= 15 is 0 Å². The Labute approximate surface area is 80.1 Å². The Morgan fingerprint density at radius 3 is 3.00 bits per heavy atom. The summed E-state index contributed by atoms with van der Waals surface area (Å²) in [6.45, 7) is 2.22. The number of tetrazole rings is 1. The van der Waals surface area contributed by atoms with Crippen LogP contribution in [-0.4, -0.2) is 55.2 Å². The van der Waals surface area contributed by atoms with Crippen molar-refractivity contribution >= 4 is 5.91 Å². The highest BCUT2D eigenvalue weighted by atomic mass is 16.3. The van der Waals surface area contributed by atoms with Crippen LogP contribution < -0.4 is 0 Å². The summed E-state index contributed by atoms with van der Waals surface area (Å²) < 4.78 is 0. The molecule has 1 aromatic rings. The SMILES string of the molecule is CC1CC(O)CN1C(=O)c1nn[nH]n1. The van der Waals surface area contributed by atoms with E-state index in [9.17, 15) is 9.90 Å². The van der Waals surface area contributed by atoms with Crippen molar-refractivity contribution in [2.24, 2.45) is 0 Å². The summed E-state index contributed by atoms with van der Waals surface area (Å²) in [6, 6.07) is 0.0241. The van der Waals surface area contributed by atoms with E-state index in [1.807, 2.05) is 6.92 Å². The van der Waals surface area contributed by atoms with Crippen LogP contribution >= 0.6 is 0 Å². The molecule has 0 aliphatic carbocycles. The molecule has 1 aromatic heterocycles. The van der Waals surface area contributed by atoms with Gasteiger partial charge in [0.25, 0.3) is 11.7 Å². The van der Waals surface area contributed by atoms with Crippen molar-refractivity contribution in [2.75, 3.05) is 6.54 Å². The number of hydrogen-bond acceptors (Lipinski definition) is 5. The van der Waals surface area contributed by atoms with E-state index in [0.29, 0.717) is 13.0 Å². The summed E-state index contributed by atoms with van der Waals surface area (Å²) in [6.07, 6.45) is 0.157. The number of H-pyrrole nitrogens is 1. The summed E-state index contributed by atoms with van der Waals surface area (Å²) >= 11 is 0. The van der Waals surface area contributed by atoms with E-state index in [4.69, 9.17) is 0 Å². The van der Waals surface area contributed by atoms with Gasteiger partial charge in [0.2, 0.25) is 0 Å². The number of aromatic amines is 1. The third-order valence-corrected chi connectivity index (χ3v) is 2.35. The standard InChI is InChI=1S/C7H11N5O2/c1-4-2-5(13)3-12(4)7(14)6-8-10-11-9-6/h4-5,13H,2-3H2,1H3,(H,8,9,10,11). The van der Waals surface area contributed by atoms with Gasteiger partial charge in [-0.05, 0) is 18.6 Å². The van der Waals surface area contributed by atoms with Crippen LogP contribution in [0.3, 0.4) is 0 Å². The molecule has 2 unspecified atom stereocenters. The third kappa shape index (κ3) is 1.46. The van der Waals surface area contributed by atoms with Crippen molar-refractivity contribution in [1.29, 1.82) is 0 Å². The first-order valence-electron chi connectivity index (χ1n) is 4.41. The van der Waals surface area contributed by atoms with Gasteiger partial charge in [-0.15, -0.1) is 10.2 Å². The molecule has 2 rings (SSSR count). The predicted molar refractivity (Wildman–Crippen MR) is 45.3 cm³/mol. The van der Waals surface area contributed by atoms with Crippen molar-refractivity contribution in [3.8, 4) is 0 Å². The minimum atomic E-state index is -0.444. The maximum Gasteiger partial charge on any atom is 0.295 e. The Kier molecular flexibility index (Phi) is 2.16. The Morgan fingerprint density at radius 2 is 2.50 bits per heavy atom. The number of carbonyl (C=O) groups excluding carboxylic acids is 1. The summed E-state index contributed by atoms with van der Waals surface area (Å²) in [7, 11) is 0. The molecule has 0 bridgehead atoms. The maximum absolute atomic E-state index is 11.7. The molecule has 0 aromatic carbocycles. The lowest BCUT2D eigenvalue weighted by atomic mass is 10.2. The number of rotatable bonds is 1. The molecule has 2 N–H and O–H groups in total. The van der Waals surface area contributed by atoms with E-state index in [1.165, 1.54) is 0 Å². The van der Waals surface area contributed by atoms with Crippen LogP contribution in [0.1, 0.15) is 24.0 Å². The van der Waals surface area contributed by atoms with Gasteiger partial charge >= 0.3 is 0 Å². The lowest BCUT2D eigenvalue weighted by Gasteiger charge is -2.18. The Hall–Kier alpha value is -1.50. The zero-order valence-electron chi connectivity index (χ0n) is 7.71. The molecule has 76 valence electrons. The summed E-state index contributed by atoms with van der Waals surface area (Å²) in [5.74, 6) is -0.242. The Morgan fingerprint density at radius 1 is 1.71 bits per heavy atom. The van der Waals surface area contributed by atoms with Crippen molar-refractivity contribution in [1.82, 2.24) is 25.5 Å². The number of hydrogen-bond donors (Lipinski definition) is 2. The lowest BCUT2D eigenvalue weighted by molar-refractivity contribution is 0.0714. The smallest absolute Gasteiger partial charge is 0.295 e. The van der Waals surface area contributed by atoms with E-state index < -0.39 is 6.10 Å². The van der Waals surface area contributed by atoms with Crippen LogP contribution in [-0.2, 0) is 0 Å². The molecule has 1 amide bonds. The average molecular weight is 197 g/mol. The highest BCUT2D eigenvalue weighted by Crippen LogP contribution is 2.18. The fourth-order valence-electron chi connectivity index (χ4n) is 1.67. The highest BCUT2D eigenvalue weighted by molar-refractivity contribution is 5.90. The van der Waals surface area contributed by atoms with Crippen LogP contribution in [0.15, 0.2) is 0 Å². The van der Waals surface area contributed by atoms with Gasteiger partial charge in [-0.1, -0.05) is 0 Å². The molecule has 1 fully saturated rings. The second kappa shape index (κ2) is 3.33. The average Bonchev–Trinajstić information content (AvgIpc) is 2.73. The van der Waals surface area contributed by atoms with Crippen LogP contribution in [0.25, 0.3) is 0 Å². The molecule has 1 aliphatic rings. The predicted octanol–water partition coefficient (Wildman–Crippen LogP) is -1.21. The van der Waals surface area contributed by atoms with Gasteiger partial charge in [0.1, 0.15) is 0 Å². The normalized spacial score (nSPS) is 26.9. The third-order valence-electron chi connectivity index (χ3n) is 2.35. The number of nitrogens with one attached hydrogen (secondary N) is 1. The quantitative estimate of drug-likeness (QED) is 0.589. The second-order valence-corrected chi connectivity index (χ2v) is 3.43. The van der Waals surface area contributed by atoms with Crippen LogP contribution in [0.5, 0.6) is 0 Å². The number of aromatic nitrogens is 4. The number of carbonyl (C=O) groups is 1. The number of β-amino-alcohol motifs (C(OH)–C–C–N with tert-alkyl or cyclic N) is 1. The number of likely N-dealkylation sites (tertiary alicyclic amines) is 1. The molecule has 2 atom stereocenters. The van der Waals surface area contributed by atoms with Crippen LogP contribution in [0, 0.1) is 0 Å². The van der Waals surface area contributed by atoms with Gasteiger partial charge in [0, 0.05) is 12.6 Å². The summed E-state index contributed by atoms with van der Waals surface area (Å²) in [4.78, 5) is 13.2. The van der Waals surface area contributed by atoms with E-state index in [2.05, 4.69) is 20.6 Å². The van der Waals surface area contributed by atoms with Gasteiger partial charge in [-0.2, -0.15) is 5.21 Å². The molecule has 14 heavy (non-hydrogen) atoms. The van der Waals surface area contributed by atoms with Crippen molar-refractivity contribution in [3.05, 3.63) is 5.82 Å². The maximum atomic E-state index is 11.7. The molecule has 7 nitrogen and oxygen atoms in total. The van der Waals surface area contributed by atoms with Gasteiger partial charge in [-0.25, -0.2) is 0 Å². The van der Waals surface area contributed by atoms with E-state index in [0.717, 1.165) is 0 Å². The summed E-state index contributed by atoms with van der Waals surface area (Å²) in [5.41, 5.74) is 0. The minimum absolute atomic E-state index is 0.0241. The monoisotopic (exact) mass is 197 g/mol. The first-order valence-corrected chi connectivity index (χ1v) is 4.41. The largest absolute Gasteiger partial charge is 0.391 e. The van der Waals surface area contributed by atoms with E-state index in [-0.39, 0.29) is 17.8 Å². The topological polar surface area (TPSA) is 95.0 Å². The van der Waals surface area contributed by atoms with Crippen LogP contribution in [0.4, 0.5) is 0 Å². The molecule has 0 radical (unpaired) electrons. The number of nitrogens with zero attached hydrogens (tertiary/aromatic N) is 4. The van der Waals surface area contributed by atoms with Crippen LogP contribution in [0.2, 0.25) is 0 Å². The molecule has 2 heterocycles. The molecule has 1 aliphatic heterocycles. The zero-order valence-corrected chi connectivity index (χ0v) is 7.71.